The van der Waals surface area contributed by atoms with Crippen molar-refractivity contribution in [3.8, 4) is 5.75 Å². The van der Waals surface area contributed by atoms with Gasteiger partial charge in [0.25, 0.3) is 5.91 Å². The van der Waals surface area contributed by atoms with Crippen LogP contribution in [0.5, 0.6) is 5.75 Å². The number of nitrogens with two attached hydrogens (primary N) is 1. The zero-order valence-electron chi connectivity index (χ0n) is 17.3. The Labute approximate surface area is 184 Å². The summed E-state index contributed by atoms with van der Waals surface area (Å²) in [4.78, 5) is 30.4. The lowest BCUT2D eigenvalue weighted by molar-refractivity contribution is -0.116. The van der Waals surface area contributed by atoms with E-state index in [0.29, 0.717) is 48.8 Å². The first-order chi connectivity index (χ1) is 15.4. The quantitative estimate of drug-likeness (QED) is 0.613. The van der Waals surface area contributed by atoms with Gasteiger partial charge in [-0.1, -0.05) is 0 Å². The minimum absolute atomic E-state index is 0.0305. The Morgan fingerprint density at radius 1 is 1.19 bits per heavy atom. The number of nitrogens with one attached hydrogen (secondary N) is 1. The van der Waals surface area contributed by atoms with Crippen LogP contribution in [0.2, 0.25) is 0 Å². The van der Waals surface area contributed by atoms with Crippen molar-refractivity contribution < 1.29 is 23.1 Å². The maximum atomic E-state index is 12.6. The largest absolute Gasteiger partial charge is 0.435 e. The fourth-order valence-corrected chi connectivity index (χ4v) is 4.31. The molecule has 2 amide bonds. The molecule has 0 radical (unpaired) electrons. The van der Waals surface area contributed by atoms with Gasteiger partial charge in [-0.2, -0.15) is 8.78 Å². The van der Waals surface area contributed by atoms with Crippen LogP contribution in [0.4, 0.5) is 14.6 Å². The number of likely N-dealkylation sites (tertiary alicyclic amines) is 1. The van der Waals surface area contributed by atoms with E-state index in [-0.39, 0.29) is 17.6 Å². The number of aromatic nitrogens is 1. The van der Waals surface area contributed by atoms with Crippen molar-refractivity contribution in [1.82, 2.24) is 15.2 Å². The highest BCUT2D eigenvalue weighted by molar-refractivity contribution is 5.94. The van der Waals surface area contributed by atoms with E-state index in [1.807, 2.05) is 0 Å². The molecule has 168 valence electrons. The molecule has 0 spiro atoms. The molecule has 0 unspecified atom stereocenters. The number of nitrogens with zero attached hydrogens (tertiary/aromatic N) is 2. The van der Waals surface area contributed by atoms with Crippen molar-refractivity contribution in [2.75, 3.05) is 25.4 Å². The Bertz CT molecular complexity index is 983. The zero-order valence-corrected chi connectivity index (χ0v) is 17.3. The molecule has 1 aromatic carbocycles. The van der Waals surface area contributed by atoms with Gasteiger partial charge in [-0.25, -0.2) is 4.98 Å². The fourth-order valence-electron chi connectivity index (χ4n) is 4.31. The van der Waals surface area contributed by atoms with E-state index in [0.717, 1.165) is 12.0 Å². The summed E-state index contributed by atoms with van der Waals surface area (Å²) in [5.74, 6) is 1.61. The molecule has 2 aliphatic rings. The Hall–Kier alpha value is -3.49. The van der Waals surface area contributed by atoms with Crippen LogP contribution in [0.15, 0.2) is 48.7 Å². The van der Waals surface area contributed by atoms with Gasteiger partial charge < -0.3 is 20.7 Å². The number of benzene rings is 1. The van der Waals surface area contributed by atoms with E-state index in [2.05, 4.69) is 15.0 Å². The SMILES string of the molecule is Nc1ccc(/C=C/C(=O)NCC[C@@H]2[C@H]3CN(C(=O)c4ccc(OC(F)F)cc4)C[C@@H]23)cn1. The molecule has 2 aromatic rings. The van der Waals surface area contributed by atoms with E-state index in [9.17, 15) is 18.4 Å². The molecule has 4 rings (SSSR count). The highest BCUT2D eigenvalue weighted by Crippen LogP contribution is 2.53. The van der Waals surface area contributed by atoms with Gasteiger partial charge >= 0.3 is 6.61 Å². The molecule has 32 heavy (non-hydrogen) atoms. The average molecular weight is 442 g/mol. The Kier molecular flexibility index (Phi) is 6.34. The molecule has 2 fully saturated rings. The van der Waals surface area contributed by atoms with E-state index in [4.69, 9.17) is 5.73 Å². The minimum atomic E-state index is -2.89. The van der Waals surface area contributed by atoms with Crippen LogP contribution in [0.25, 0.3) is 6.08 Å². The number of piperidine rings is 1. The first kappa shape index (κ1) is 21.7. The number of ether oxygens (including phenoxy) is 1. The highest BCUT2D eigenvalue weighted by Gasteiger charge is 2.55. The molecule has 0 bridgehead atoms. The lowest BCUT2D eigenvalue weighted by atomic mass is 10.1. The van der Waals surface area contributed by atoms with Gasteiger partial charge in [0.15, 0.2) is 0 Å². The number of pyridine rings is 1. The van der Waals surface area contributed by atoms with Crippen molar-refractivity contribution in [1.29, 1.82) is 0 Å². The van der Waals surface area contributed by atoms with E-state index >= 15 is 0 Å². The van der Waals surface area contributed by atoms with E-state index < -0.39 is 6.61 Å². The number of carbonyl (C=O) groups is 2. The third-order valence-corrected chi connectivity index (χ3v) is 6.00. The summed E-state index contributed by atoms with van der Waals surface area (Å²) in [6.45, 7) is -0.940. The molecule has 1 saturated carbocycles. The first-order valence-electron chi connectivity index (χ1n) is 10.4. The monoisotopic (exact) mass is 442 g/mol. The predicted octanol–water partition coefficient (Wildman–Crippen LogP) is 2.80. The van der Waals surface area contributed by atoms with Crippen LogP contribution in [0.3, 0.4) is 0 Å². The van der Waals surface area contributed by atoms with E-state index in [1.165, 1.54) is 30.3 Å². The molecule has 3 atom stereocenters. The molecule has 3 N–H and O–H groups in total. The second-order valence-electron chi connectivity index (χ2n) is 8.03. The van der Waals surface area contributed by atoms with Crippen LogP contribution >= 0.6 is 0 Å². The van der Waals surface area contributed by atoms with Crippen LogP contribution in [-0.2, 0) is 4.79 Å². The topological polar surface area (TPSA) is 97.6 Å². The van der Waals surface area contributed by atoms with Gasteiger partial charge in [0.2, 0.25) is 5.91 Å². The fraction of sp³-hybridized carbons (Fsp3) is 0.348. The van der Waals surface area contributed by atoms with Gasteiger partial charge in [0.1, 0.15) is 11.6 Å². The van der Waals surface area contributed by atoms with Crippen molar-refractivity contribution in [2.24, 2.45) is 17.8 Å². The van der Waals surface area contributed by atoms with Gasteiger partial charge in [-0.15, -0.1) is 0 Å². The third-order valence-electron chi connectivity index (χ3n) is 6.00. The van der Waals surface area contributed by atoms with Gasteiger partial charge in [0.05, 0.1) is 0 Å². The number of fused-ring (bicyclic) bond motifs is 1. The maximum absolute atomic E-state index is 12.6. The standard InChI is InChI=1S/C23H24F2N4O3/c24-23(25)32-16-5-3-15(4-6-16)22(31)29-12-18-17(19(18)13-29)9-10-27-21(30)8-2-14-1-7-20(26)28-11-14/h1-8,11,17-19,23H,9-10,12-13H2,(H2,26,28)(H,27,30)/b8-2+/t17-,18-,19+. The molecular formula is C23H24F2N4O3. The summed E-state index contributed by atoms with van der Waals surface area (Å²) >= 11 is 0. The molecule has 2 heterocycles. The molecule has 1 aromatic heterocycles. The summed E-state index contributed by atoms with van der Waals surface area (Å²) in [6.07, 6.45) is 5.63. The highest BCUT2D eigenvalue weighted by atomic mass is 19.3. The number of carbonyl (C=O) groups excluding carboxylic acids is 2. The second-order valence-corrected chi connectivity index (χ2v) is 8.03. The third kappa shape index (κ3) is 5.22. The molecule has 9 heteroatoms. The smallest absolute Gasteiger partial charge is 0.387 e. The predicted molar refractivity (Wildman–Crippen MR) is 115 cm³/mol. The molecule has 1 aliphatic heterocycles. The average Bonchev–Trinajstić information content (AvgIpc) is 3.21. The van der Waals surface area contributed by atoms with Crippen molar-refractivity contribution in [3.63, 3.8) is 0 Å². The minimum Gasteiger partial charge on any atom is -0.435 e. The summed E-state index contributed by atoms with van der Waals surface area (Å²) in [5, 5.41) is 2.89. The summed E-state index contributed by atoms with van der Waals surface area (Å²) in [7, 11) is 0. The second kappa shape index (κ2) is 9.33. The van der Waals surface area contributed by atoms with Crippen molar-refractivity contribution in [3.05, 3.63) is 59.8 Å². The Morgan fingerprint density at radius 3 is 2.53 bits per heavy atom. The zero-order chi connectivity index (χ0) is 22.7. The number of alkyl halides is 2. The summed E-state index contributed by atoms with van der Waals surface area (Å²) in [6, 6.07) is 9.22. The first-order valence-corrected chi connectivity index (χ1v) is 10.4. The number of rotatable bonds is 8. The normalized spacial score (nSPS) is 21.6. The molecule has 7 nitrogen and oxygen atoms in total. The van der Waals surface area contributed by atoms with Gasteiger partial charge in [-0.05, 0) is 72.2 Å². The number of hydrogen-bond acceptors (Lipinski definition) is 5. The maximum Gasteiger partial charge on any atom is 0.387 e. The van der Waals surface area contributed by atoms with Crippen LogP contribution in [0, 0.1) is 17.8 Å². The van der Waals surface area contributed by atoms with Crippen LogP contribution in [-0.4, -0.2) is 47.9 Å². The number of nitrogen functional groups attached to an aromatic ring is 1. The summed E-state index contributed by atoms with van der Waals surface area (Å²) in [5.41, 5.74) is 6.79. The number of halogens is 2. The van der Waals surface area contributed by atoms with Gasteiger partial charge in [-0.3, -0.25) is 9.59 Å². The van der Waals surface area contributed by atoms with Crippen LogP contribution < -0.4 is 15.8 Å². The number of anilines is 1. The number of amides is 2. The Morgan fingerprint density at radius 2 is 1.91 bits per heavy atom. The van der Waals surface area contributed by atoms with Crippen molar-refractivity contribution in [2.45, 2.75) is 13.0 Å². The molecular weight excluding hydrogens is 418 g/mol. The Balaban J connectivity index is 1.17. The number of hydrogen-bond donors (Lipinski definition) is 2. The van der Waals surface area contributed by atoms with E-state index in [1.54, 1.807) is 29.3 Å². The lowest BCUT2D eigenvalue weighted by Crippen LogP contribution is -2.32. The van der Waals surface area contributed by atoms with Crippen LogP contribution in [0.1, 0.15) is 22.3 Å². The van der Waals surface area contributed by atoms with Crippen molar-refractivity contribution >= 4 is 23.7 Å². The molecule has 1 aliphatic carbocycles. The summed E-state index contributed by atoms with van der Waals surface area (Å²) < 4.78 is 28.8. The lowest BCUT2D eigenvalue weighted by Gasteiger charge is -2.20. The molecule has 1 saturated heterocycles. The van der Waals surface area contributed by atoms with Gasteiger partial charge in [0, 0.05) is 37.5 Å².